The molecule has 1 unspecified atom stereocenters. The van der Waals surface area contributed by atoms with Gasteiger partial charge >= 0.3 is 5.97 Å². The third-order valence-electron chi connectivity index (χ3n) is 3.09. The van der Waals surface area contributed by atoms with Crippen molar-refractivity contribution in [1.29, 1.82) is 0 Å². The number of benzene rings is 1. The average Bonchev–Trinajstić information content (AvgIpc) is 2.82. The van der Waals surface area contributed by atoms with Crippen LogP contribution in [0.4, 0.5) is 5.69 Å². The second-order valence-electron chi connectivity index (χ2n) is 4.49. The summed E-state index contributed by atoms with van der Waals surface area (Å²) in [4.78, 5) is 22.3. The monoisotopic (exact) mass is 264 g/mol. The molecule has 0 aliphatic carbocycles. The lowest BCUT2D eigenvalue weighted by molar-refractivity contribution is -0.147. The molecule has 0 bridgehead atoms. The molecule has 0 radical (unpaired) electrons. The summed E-state index contributed by atoms with van der Waals surface area (Å²) in [6.45, 7) is 0.140. The van der Waals surface area contributed by atoms with Gasteiger partial charge < -0.3 is 20.8 Å². The number of aliphatic hydroxyl groups is 1. The second kappa shape index (κ2) is 5.71. The molecule has 0 aromatic heterocycles. The van der Waals surface area contributed by atoms with Gasteiger partial charge in [0.15, 0.2) is 6.10 Å². The fraction of sp³-hybridized carbons (Fsp3) is 0.385. The first-order valence-corrected chi connectivity index (χ1v) is 6.11. The van der Waals surface area contributed by atoms with Gasteiger partial charge in [-0.15, -0.1) is 0 Å². The van der Waals surface area contributed by atoms with E-state index in [0.29, 0.717) is 6.42 Å². The maximum Gasteiger partial charge on any atom is 0.332 e. The van der Waals surface area contributed by atoms with Crippen molar-refractivity contribution in [3.05, 3.63) is 29.8 Å². The van der Waals surface area contributed by atoms with Crippen molar-refractivity contribution in [3.8, 4) is 0 Å². The van der Waals surface area contributed by atoms with Crippen molar-refractivity contribution in [2.75, 3.05) is 11.9 Å². The minimum atomic E-state index is -1.44. The molecule has 0 spiro atoms. The zero-order valence-electron chi connectivity index (χ0n) is 10.3. The van der Waals surface area contributed by atoms with Crippen molar-refractivity contribution < 1.29 is 19.8 Å². The molecule has 102 valence electrons. The van der Waals surface area contributed by atoms with E-state index in [1.54, 1.807) is 0 Å². The summed E-state index contributed by atoms with van der Waals surface area (Å²) < 4.78 is 0. The fourth-order valence-electron chi connectivity index (χ4n) is 2.03. The van der Waals surface area contributed by atoms with Crippen LogP contribution in [0, 0.1) is 0 Å². The van der Waals surface area contributed by atoms with Crippen molar-refractivity contribution in [2.24, 2.45) is 0 Å². The number of rotatable bonds is 5. The molecule has 1 heterocycles. The summed E-state index contributed by atoms with van der Waals surface area (Å²) in [5.41, 5.74) is 2.04. The largest absolute Gasteiger partial charge is 0.479 e. The van der Waals surface area contributed by atoms with E-state index in [2.05, 4.69) is 10.6 Å². The third kappa shape index (κ3) is 3.23. The summed E-state index contributed by atoms with van der Waals surface area (Å²) in [6, 6.07) is 7.36. The quantitative estimate of drug-likeness (QED) is 0.599. The number of hydrogen-bond acceptors (Lipinski definition) is 4. The van der Waals surface area contributed by atoms with Crippen LogP contribution < -0.4 is 10.6 Å². The minimum Gasteiger partial charge on any atom is -0.479 e. The van der Waals surface area contributed by atoms with Crippen LogP contribution in [0.25, 0.3) is 0 Å². The Morgan fingerprint density at radius 1 is 1.42 bits per heavy atom. The highest BCUT2D eigenvalue weighted by Crippen LogP contribution is 2.24. The van der Waals surface area contributed by atoms with E-state index in [9.17, 15) is 9.59 Å². The summed E-state index contributed by atoms with van der Waals surface area (Å²) in [5, 5.41) is 23.3. The van der Waals surface area contributed by atoms with Crippen LogP contribution in [0.3, 0.4) is 0 Å². The van der Waals surface area contributed by atoms with Gasteiger partial charge in [0.2, 0.25) is 5.91 Å². The summed E-state index contributed by atoms with van der Waals surface area (Å²) >= 11 is 0. The molecule has 0 saturated carbocycles. The highest BCUT2D eigenvalue weighted by Gasteiger charge is 2.26. The SMILES string of the molecule is O=C(NCC[C@H](O)C(=O)O)C1Cc2ccccc2N1. The predicted octanol–water partition coefficient (Wildman–Crippen LogP) is -0.0250. The number of hydrogen-bond donors (Lipinski definition) is 4. The van der Waals surface area contributed by atoms with Crippen LogP contribution in [-0.2, 0) is 16.0 Å². The molecule has 1 aromatic rings. The van der Waals surface area contributed by atoms with Crippen LogP contribution in [0.1, 0.15) is 12.0 Å². The first-order chi connectivity index (χ1) is 9.08. The van der Waals surface area contributed by atoms with E-state index in [1.807, 2.05) is 24.3 Å². The minimum absolute atomic E-state index is 0.000736. The second-order valence-corrected chi connectivity index (χ2v) is 4.49. The van der Waals surface area contributed by atoms with E-state index in [4.69, 9.17) is 10.2 Å². The maximum absolute atomic E-state index is 11.9. The lowest BCUT2D eigenvalue weighted by Crippen LogP contribution is -2.40. The Bertz CT molecular complexity index is 464. The molecule has 2 atom stereocenters. The normalized spacial score (nSPS) is 18.3. The number of aliphatic carboxylic acids is 1. The zero-order chi connectivity index (χ0) is 13.8. The van der Waals surface area contributed by atoms with E-state index >= 15 is 0 Å². The highest BCUT2D eigenvalue weighted by molar-refractivity contribution is 5.87. The topological polar surface area (TPSA) is 98.7 Å². The Hall–Kier alpha value is -2.08. The van der Waals surface area contributed by atoms with Gasteiger partial charge in [0.25, 0.3) is 0 Å². The van der Waals surface area contributed by atoms with E-state index < -0.39 is 12.1 Å². The molecular formula is C13H16N2O4. The van der Waals surface area contributed by atoms with Gasteiger partial charge in [-0.1, -0.05) is 18.2 Å². The van der Waals surface area contributed by atoms with Gasteiger partial charge in [-0.05, 0) is 11.6 Å². The standard InChI is InChI=1S/C13H16N2O4/c16-11(13(18)19)5-6-14-12(17)10-7-8-3-1-2-4-9(8)15-10/h1-4,10-11,15-16H,5-7H2,(H,14,17)(H,18,19)/t10?,11-/m0/s1. The molecular weight excluding hydrogens is 248 g/mol. The number of anilines is 1. The smallest absolute Gasteiger partial charge is 0.332 e. The predicted molar refractivity (Wildman–Crippen MR) is 68.8 cm³/mol. The van der Waals surface area contributed by atoms with E-state index in [-0.39, 0.29) is 24.9 Å². The van der Waals surface area contributed by atoms with E-state index in [1.165, 1.54) is 0 Å². The molecule has 0 fully saturated rings. The van der Waals surface area contributed by atoms with Gasteiger partial charge in [-0.25, -0.2) is 4.79 Å². The van der Waals surface area contributed by atoms with Crippen LogP contribution >= 0.6 is 0 Å². The highest BCUT2D eigenvalue weighted by atomic mass is 16.4. The molecule has 0 saturated heterocycles. The molecule has 1 aromatic carbocycles. The lowest BCUT2D eigenvalue weighted by atomic mass is 10.1. The summed E-state index contributed by atoms with van der Waals surface area (Å²) in [5.74, 6) is -1.46. The number of carboxylic acid groups (broad SMARTS) is 1. The van der Waals surface area contributed by atoms with Crippen LogP contribution in [-0.4, -0.2) is 40.8 Å². The molecule has 4 N–H and O–H groups in total. The van der Waals surface area contributed by atoms with Crippen molar-refractivity contribution in [3.63, 3.8) is 0 Å². The Balaban J connectivity index is 1.79. The Labute approximate surface area is 110 Å². The van der Waals surface area contributed by atoms with Gasteiger partial charge in [0.05, 0.1) is 0 Å². The van der Waals surface area contributed by atoms with Crippen molar-refractivity contribution >= 4 is 17.6 Å². The number of carbonyl (C=O) groups excluding carboxylic acids is 1. The number of para-hydroxylation sites is 1. The van der Waals surface area contributed by atoms with Crippen LogP contribution in [0.15, 0.2) is 24.3 Å². The Morgan fingerprint density at radius 2 is 2.16 bits per heavy atom. The average molecular weight is 264 g/mol. The number of amides is 1. The molecule has 19 heavy (non-hydrogen) atoms. The third-order valence-corrected chi connectivity index (χ3v) is 3.09. The zero-order valence-corrected chi connectivity index (χ0v) is 10.3. The molecule has 1 aliphatic rings. The van der Waals surface area contributed by atoms with Gasteiger partial charge in [0, 0.05) is 25.1 Å². The van der Waals surface area contributed by atoms with Crippen LogP contribution in [0.5, 0.6) is 0 Å². The molecule has 1 amide bonds. The number of nitrogens with one attached hydrogen (secondary N) is 2. The maximum atomic E-state index is 11.9. The van der Waals surface area contributed by atoms with Crippen molar-refractivity contribution in [1.82, 2.24) is 5.32 Å². The molecule has 1 aliphatic heterocycles. The Morgan fingerprint density at radius 3 is 2.84 bits per heavy atom. The molecule has 6 heteroatoms. The van der Waals surface area contributed by atoms with Gasteiger partial charge in [0.1, 0.15) is 6.04 Å². The summed E-state index contributed by atoms with van der Waals surface area (Å²) in [7, 11) is 0. The van der Waals surface area contributed by atoms with Crippen LogP contribution in [0.2, 0.25) is 0 Å². The van der Waals surface area contributed by atoms with Gasteiger partial charge in [-0.3, -0.25) is 4.79 Å². The number of carbonyl (C=O) groups is 2. The first-order valence-electron chi connectivity index (χ1n) is 6.11. The summed E-state index contributed by atoms with van der Waals surface area (Å²) in [6.07, 6.45) is -0.821. The molecule has 6 nitrogen and oxygen atoms in total. The molecule has 2 rings (SSSR count). The number of carboxylic acids is 1. The lowest BCUT2D eigenvalue weighted by Gasteiger charge is -2.12. The Kier molecular flexibility index (Phi) is 4.01. The fourth-order valence-corrected chi connectivity index (χ4v) is 2.03. The first kappa shape index (κ1) is 13.4. The van der Waals surface area contributed by atoms with Crippen molar-refractivity contribution in [2.45, 2.75) is 25.0 Å². The number of aliphatic hydroxyl groups excluding tert-OH is 1. The van der Waals surface area contributed by atoms with E-state index in [0.717, 1.165) is 11.3 Å². The van der Waals surface area contributed by atoms with Gasteiger partial charge in [-0.2, -0.15) is 0 Å². The number of fused-ring (bicyclic) bond motifs is 1.